The standard InChI is InChI=1S/C16H20ClN3O2/c1-10-6-7-20(9-14(10)21)11(2)15-18-19-16(22-15)12-4-3-5-13(17)8-12/h3-5,8,10-11,14,21H,6-7,9H2,1-2H3. The molecule has 0 saturated carbocycles. The van der Waals surface area contributed by atoms with Crippen LogP contribution in [0.5, 0.6) is 0 Å². The molecule has 118 valence electrons. The quantitative estimate of drug-likeness (QED) is 0.941. The third kappa shape index (κ3) is 3.16. The summed E-state index contributed by atoms with van der Waals surface area (Å²) in [6.45, 7) is 5.67. The molecular weight excluding hydrogens is 302 g/mol. The summed E-state index contributed by atoms with van der Waals surface area (Å²) in [6, 6.07) is 7.34. The molecule has 5 nitrogen and oxygen atoms in total. The van der Waals surface area contributed by atoms with Crippen molar-refractivity contribution >= 4 is 11.6 Å². The van der Waals surface area contributed by atoms with Crippen molar-refractivity contribution in [3.8, 4) is 11.5 Å². The molecule has 2 heterocycles. The number of aromatic nitrogens is 2. The van der Waals surface area contributed by atoms with Gasteiger partial charge in [-0.3, -0.25) is 4.90 Å². The van der Waals surface area contributed by atoms with Gasteiger partial charge in [0.05, 0.1) is 12.1 Å². The topological polar surface area (TPSA) is 62.4 Å². The molecule has 0 amide bonds. The van der Waals surface area contributed by atoms with Gasteiger partial charge >= 0.3 is 0 Å². The van der Waals surface area contributed by atoms with Crippen LogP contribution in [0.25, 0.3) is 11.5 Å². The minimum absolute atomic E-state index is 0.0115. The second kappa shape index (κ2) is 6.36. The second-order valence-corrected chi connectivity index (χ2v) is 6.40. The molecule has 0 bridgehead atoms. The van der Waals surface area contributed by atoms with Crippen LogP contribution in [0.3, 0.4) is 0 Å². The van der Waals surface area contributed by atoms with Crippen LogP contribution in [0.15, 0.2) is 28.7 Å². The van der Waals surface area contributed by atoms with Crippen molar-refractivity contribution in [1.29, 1.82) is 0 Å². The van der Waals surface area contributed by atoms with E-state index in [-0.39, 0.29) is 12.1 Å². The van der Waals surface area contributed by atoms with Gasteiger partial charge in [-0.25, -0.2) is 0 Å². The van der Waals surface area contributed by atoms with Crippen molar-refractivity contribution in [1.82, 2.24) is 15.1 Å². The Morgan fingerprint density at radius 1 is 1.41 bits per heavy atom. The van der Waals surface area contributed by atoms with Gasteiger partial charge in [-0.2, -0.15) is 0 Å². The van der Waals surface area contributed by atoms with Crippen LogP contribution in [0.4, 0.5) is 0 Å². The lowest BCUT2D eigenvalue weighted by Crippen LogP contribution is -2.43. The minimum Gasteiger partial charge on any atom is -0.419 e. The second-order valence-electron chi connectivity index (χ2n) is 5.96. The first kappa shape index (κ1) is 15.5. The number of aliphatic hydroxyl groups is 1. The van der Waals surface area contributed by atoms with Crippen molar-refractivity contribution < 1.29 is 9.52 Å². The Morgan fingerprint density at radius 3 is 2.95 bits per heavy atom. The van der Waals surface area contributed by atoms with Crippen LogP contribution in [0, 0.1) is 5.92 Å². The number of β-amino-alcohol motifs (C(OH)–C–C–N with tert-alkyl or cyclic N) is 1. The SMILES string of the molecule is CC1CCN(C(C)c2nnc(-c3cccc(Cl)c3)o2)CC1O. The molecule has 0 radical (unpaired) electrons. The Labute approximate surface area is 134 Å². The maximum absolute atomic E-state index is 10.0. The molecule has 22 heavy (non-hydrogen) atoms. The van der Waals surface area contributed by atoms with Gasteiger partial charge in [-0.1, -0.05) is 24.6 Å². The van der Waals surface area contributed by atoms with E-state index in [1.165, 1.54) is 0 Å². The zero-order chi connectivity index (χ0) is 15.7. The first-order valence-electron chi connectivity index (χ1n) is 7.56. The average Bonchev–Trinajstić information content (AvgIpc) is 2.99. The highest BCUT2D eigenvalue weighted by molar-refractivity contribution is 6.30. The summed E-state index contributed by atoms with van der Waals surface area (Å²) in [7, 11) is 0. The third-order valence-corrected chi connectivity index (χ3v) is 4.60. The number of piperidine rings is 1. The van der Waals surface area contributed by atoms with Gasteiger partial charge < -0.3 is 9.52 Å². The monoisotopic (exact) mass is 321 g/mol. The fourth-order valence-electron chi connectivity index (χ4n) is 2.72. The molecule has 3 rings (SSSR count). The maximum atomic E-state index is 10.0. The van der Waals surface area contributed by atoms with Crippen LogP contribution in [0.1, 0.15) is 32.2 Å². The van der Waals surface area contributed by atoms with Crippen LogP contribution in [-0.4, -0.2) is 39.4 Å². The molecule has 1 fully saturated rings. The Balaban J connectivity index is 1.76. The Hall–Kier alpha value is -1.43. The van der Waals surface area contributed by atoms with E-state index in [1.54, 1.807) is 12.1 Å². The molecule has 1 saturated heterocycles. The van der Waals surface area contributed by atoms with Gasteiger partial charge in [0.1, 0.15) is 0 Å². The van der Waals surface area contributed by atoms with Crippen molar-refractivity contribution in [2.24, 2.45) is 5.92 Å². The molecule has 6 heteroatoms. The summed E-state index contributed by atoms with van der Waals surface area (Å²) in [6.07, 6.45) is 0.673. The largest absolute Gasteiger partial charge is 0.419 e. The molecule has 2 aromatic rings. The highest BCUT2D eigenvalue weighted by Crippen LogP contribution is 2.28. The molecule has 1 N–H and O–H groups in total. The smallest absolute Gasteiger partial charge is 0.247 e. The van der Waals surface area contributed by atoms with Crippen molar-refractivity contribution in [3.05, 3.63) is 35.2 Å². The number of hydrogen-bond acceptors (Lipinski definition) is 5. The van der Waals surface area contributed by atoms with E-state index in [0.717, 1.165) is 18.5 Å². The number of rotatable bonds is 3. The zero-order valence-corrected chi connectivity index (χ0v) is 13.5. The summed E-state index contributed by atoms with van der Waals surface area (Å²) in [5.41, 5.74) is 0.811. The number of hydrogen-bond donors (Lipinski definition) is 1. The molecule has 1 aliphatic heterocycles. The van der Waals surface area contributed by atoms with E-state index < -0.39 is 0 Å². The van der Waals surface area contributed by atoms with Crippen LogP contribution in [-0.2, 0) is 0 Å². The van der Waals surface area contributed by atoms with E-state index in [9.17, 15) is 5.11 Å². The summed E-state index contributed by atoms with van der Waals surface area (Å²) >= 11 is 5.99. The molecule has 0 aliphatic carbocycles. The van der Waals surface area contributed by atoms with Gasteiger partial charge in [0, 0.05) is 17.1 Å². The van der Waals surface area contributed by atoms with E-state index in [2.05, 4.69) is 22.0 Å². The fraction of sp³-hybridized carbons (Fsp3) is 0.500. The number of aliphatic hydroxyl groups excluding tert-OH is 1. The average molecular weight is 322 g/mol. The lowest BCUT2D eigenvalue weighted by atomic mass is 9.95. The number of nitrogens with zero attached hydrogens (tertiary/aromatic N) is 3. The van der Waals surface area contributed by atoms with Gasteiger partial charge in [-0.15, -0.1) is 10.2 Å². The van der Waals surface area contributed by atoms with Crippen LogP contribution < -0.4 is 0 Å². The number of likely N-dealkylation sites (tertiary alicyclic amines) is 1. The van der Waals surface area contributed by atoms with Crippen LogP contribution >= 0.6 is 11.6 Å². The van der Waals surface area contributed by atoms with Gasteiger partial charge in [0.2, 0.25) is 11.8 Å². The van der Waals surface area contributed by atoms with E-state index >= 15 is 0 Å². The highest BCUT2D eigenvalue weighted by Gasteiger charge is 2.30. The first-order valence-corrected chi connectivity index (χ1v) is 7.94. The van der Waals surface area contributed by atoms with E-state index in [4.69, 9.17) is 16.0 Å². The molecule has 3 unspecified atom stereocenters. The van der Waals surface area contributed by atoms with Crippen molar-refractivity contribution in [2.75, 3.05) is 13.1 Å². The predicted octanol–water partition coefficient (Wildman–Crippen LogP) is 3.15. The fourth-order valence-corrected chi connectivity index (χ4v) is 2.91. The number of halogens is 1. The summed E-state index contributed by atoms with van der Waals surface area (Å²) in [4.78, 5) is 2.18. The molecule has 1 aromatic heterocycles. The van der Waals surface area contributed by atoms with Crippen molar-refractivity contribution in [3.63, 3.8) is 0 Å². The van der Waals surface area contributed by atoms with Crippen molar-refractivity contribution in [2.45, 2.75) is 32.4 Å². The van der Waals surface area contributed by atoms with Gasteiger partial charge in [-0.05, 0) is 44.0 Å². The third-order valence-electron chi connectivity index (χ3n) is 4.37. The molecule has 1 aromatic carbocycles. The predicted molar refractivity (Wildman–Crippen MR) is 84.5 cm³/mol. The lowest BCUT2D eigenvalue weighted by Gasteiger charge is -2.36. The Morgan fingerprint density at radius 2 is 2.23 bits per heavy atom. The highest BCUT2D eigenvalue weighted by atomic mass is 35.5. The molecule has 3 atom stereocenters. The first-order chi connectivity index (χ1) is 10.5. The summed E-state index contributed by atoms with van der Waals surface area (Å²) < 4.78 is 5.80. The van der Waals surface area contributed by atoms with Gasteiger partial charge in [0.25, 0.3) is 0 Å². The Bertz CT molecular complexity index is 646. The zero-order valence-electron chi connectivity index (χ0n) is 12.7. The molecular formula is C16H20ClN3O2. The minimum atomic E-state index is -0.300. The maximum Gasteiger partial charge on any atom is 0.247 e. The normalized spacial score (nSPS) is 24.4. The summed E-state index contributed by atoms with van der Waals surface area (Å²) in [5, 5.41) is 18.9. The Kier molecular flexibility index (Phi) is 4.47. The summed E-state index contributed by atoms with van der Waals surface area (Å²) in [5.74, 6) is 1.38. The van der Waals surface area contributed by atoms with E-state index in [0.29, 0.717) is 29.3 Å². The molecule has 1 aliphatic rings. The lowest BCUT2D eigenvalue weighted by molar-refractivity contribution is 0.00817. The van der Waals surface area contributed by atoms with Gasteiger partial charge in [0.15, 0.2) is 0 Å². The van der Waals surface area contributed by atoms with Crippen LogP contribution in [0.2, 0.25) is 5.02 Å². The molecule has 0 spiro atoms. The van der Waals surface area contributed by atoms with E-state index in [1.807, 2.05) is 19.1 Å². The number of benzene rings is 1.